The second kappa shape index (κ2) is 3.42. The number of hydrogen-bond donors (Lipinski definition) is 0. The van der Waals surface area contributed by atoms with Gasteiger partial charge in [0.2, 0.25) is 0 Å². The molecule has 2 bridgehead atoms. The number of hydrogen-bond acceptors (Lipinski definition) is 2. The summed E-state index contributed by atoms with van der Waals surface area (Å²) in [6.45, 7) is 4.06. The molecule has 2 atom stereocenters. The van der Waals surface area contributed by atoms with Gasteiger partial charge in [-0.3, -0.25) is 0 Å². The number of aryl methyl sites for hydroxylation is 1. The number of aromatic nitrogens is 3. The van der Waals surface area contributed by atoms with Gasteiger partial charge in [0, 0.05) is 7.05 Å². The van der Waals surface area contributed by atoms with Gasteiger partial charge in [-0.05, 0) is 30.5 Å². The van der Waals surface area contributed by atoms with Gasteiger partial charge in [0.25, 0.3) is 0 Å². The lowest BCUT2D eigenvalue weighted by molar-refractivity contribution is 0.357. The van der Waals surface area contributed by atoms with Crippen molar-refractivity contribution >= 4 is 0 Å². The van der Waals surface area contributed by atoms with Crippen LogP contribution in [0.5, 0.6) is 0 Å². The largest absolute Gasteiger partial charge is 0.347 e. The van der Waals surface area contributed by atoms with E-state index in [9.17, 15) is 9.59 Å². The van der Waals surface area contributed by atoms with E-state index in [1.165, 1.54) is 17.2 Å². The lowest BCUT2D eigenvalue weighted by Gasteiger charge is -2.38. The summed E-state index contributed by atoms with van der Waals surface area (Å²) in [6, 6.07) is 5.92. The Morgan fingerprint density at radius 3 is 2.45 bits per heavy atom. The molecule has 5 rings (SSSR count). The van der Waals surface area contributed by atoms with E-state index < -0.39 is 0 Å². The predicted octanol–water partition coefficient (Wildman–Crippen LogP) is 1.11. The van der Waals surface area contributed by atoms with Gasteiger partial charge in [-0.1, -0.05) is 29.8 Å². The van der Waals surface area contributed by atoms with Gasteiger partial charge in [-0.25, -0.2) is 23.5 Å². The molecule has 1 aliphatic carbocycles. The first-order valence-electron chi connectivity index (χ1n) is 6.69. The van der Waals surface area contributed by atoms with Crippen molar-refractivity contribution in [1.29, 1.82) is 0 Å². The van der Waals surface area contributed by atoms with Crippen LogP contribution < -0.4 is 11.4 Å². The average molecular weight is 269 g/mol. The van der Waals surface area contributed by atoms with Crippen molar-refractivity contribution in [3.63, 3.8) is 0 Å². The summed E-state index contributed by atoms with van der Waals surface area (Å²) >= 11 is 0. The van der Waals surface area contributed by atoms with Crippen LogP contribution in [0.3, 0.4) is 0 Å². The summed E-state index contributed by atoms with van der Waals surface area (Å²) in [5.74, 6) is 0. The first-order chi connectivity index (χ1) is 9.50. The minimum Gasteiger partial charge on any atom is -0.246 e. The van der Waals surface area contributed by atoms with Crippen LogP contribution >= 0.6 is 0 Å². The molecule has 5 heteroatoms. The van der Waals surface area contributed by atoms with Gasteiger partial charge in [-0.2, -0.15) is 0 Å². The number of nitrogens with zero attached hydrogens (tertiary/aromatic N) is 3. The van der Waals surface area contributed by atoms with Crippen molar-refractivity contribution in [3.8, 4) is 0 Å². The van der Waals surface area contributed by atoms with Gasteiger partial charge < -0.3 is 0 Å². The average Bonchev–Trinajstić information content (AvgIpc) is 2.65. The molecule has 1 aromatic heterocycles. The van der Waals surface area contributed by atoms with Crippen molar-refractivity contribution in [2.75, 3.05) is 0 Å². The van der Waals surface area contributed by atoms with Crippen molar-refractivity contribution in [2.45, 2.75) is 25.9 Å². The fourth-order valence-electron chi connectivity index (χ4n) is 3.46. The molecule has 0 saturated carbocycles. The third-order valence-corrected chi connectivity index (χ3v) is 4.41. The van der Waals surface area contributed by atoms with E-state index in [2.05, 4.69) is 24.3 Å². The molecule has 5 nitrogen and oxygen atoms in total. The van der Waals surface area contributed by atoms with E-state index in [4.69, 9.17) is 0 Å². The third kappa shape index (κ3) is 1.13. The molecular formula is C15H15N3O2. The Bertz CT molecular complexity index is 895. The van der Waals surface area contributed by atoms with Crippen LogP contribution in [0.2, 0.25) is 0 Å². The second-order valence-electron chi connectivity index (χ2n) is 5.70. The van der Waals surface area contributed by atoms with Crippen LogP contribution in [-0.4, -0.2) is 13.9 Å². The van der Waals surface area contributed by atoms with Gasteiger partial charge in [0.15, 0.2) is 0 Å². The van der Waals surface area contributed by atoms with E-state index in [1.54, 1.807) is 9.36 Å². The molecule has 3 heterocycles. The fourth-order valence-corrected chi connectivity index (χ4v) is 3.46. The topological polar surface area (TPSA) is 48.9 Å². The molecule has 2 aromatic rings. The zero-order chi connectivity index (χ0) is 14.2. The van der Waals surface area contributed by atoms with Gasteiger partial charge in [0.1, 0.15) is 6.04 Å². The van der Waals surface area contributed by atoms with Crippen molar-refractivity contribution in [1.82, 2.24) is 13.9 Å². The summed E-state index contributed by atoms with van der Waals surface area (Å²) in [5.41, 5.74) is 4.06. The summed E-state index contributed by atoms with van der Waals surface area (Å²) in [7, 11) is 1.54. The van der Waals surface area contributed by atoms with E-state index >= 15 is 0 Å². The van der Waals surface area contributed by atoms with Crippen molar-refractivity contribution < 1.29 is 0 Å². The molecule has 0 fully saturated rings. The first kappa shape index (κ1) is 11.5. The molecule has 0 spiro atoms. The monoisotopic (exact) mass is 269 g/mol. The maximum atomic E-state index is 12.3. The van der Waals surface area contributed by atoms with E-state index in [0.717, 1.165) is 16.7 Å². The molecule has 0 N–H and O–H groups in total. The maximum Gasteiger partial charge on any atom is 0.347 e. The Morgan fingerprint density at radius 2 is 1.70 bits per heavy atom. The standard InChI is InChI=1S/C15H15N3O2/c1-8-4-5-10-11(6-8)12-7-9(2)13(10)18-15(20)16(3)14(19)17(12)18/h4-7,12-13H,1-3H3/t12-,13+/m1/s1. The highest BCUT2D eigenvalue weighted by atomic mass is 16.2. The number of benzene rings is 1. The predicted molar refractivity (Wildman–Crippen MR) is 75.1 cm³/mol. The molecule has 0 unspecified atom stereocenters. The Balaban J connectivity index is 2.15. The summed E-state index contributed by atoms with van der Waals surface area (Å²) in [5, 5.41) is 0. The maximum absolute atomic E-state index is 12.3. The second-order valence-corrected chi connectivity index (χ2v) is 5.70. The number of rotatable bonds is 0. The summed E-state index contributed by atoms with van der Waals surface area (Å²) in [6.07, 6.45) is 2.09. The normalized spacial score (nSPS) is 22.4. The minimum atomic E-state index is -0.249. The fraction of sp³-hybridized carbons (Fsp3) is 0.333. The molecule has 0 amide bonds. The van der Waals surface area contributed by atoms with Crippen molar-refractivity contribution in [3.05, 3.63) is 67.5 Å². The zero-order valence-corrected chi connectivity index (χ0v) is 11.6. The van der Waals surface area contributed by atoms with E-state index in [0.29, 0.717) is 0 Å². The molecular weight excluding hydrogens is 254 g/mol. The quantitative estimate of drug-likeness (QED) is 0.673. The van der Waals surface area contributed by atoms with Crippen LogP contribution in [0.25, 0.3) is 0 Å². The Kier molecular flexibility index (Phi) is 1.97. The Labute approximate surface area is 115 Å². The third-order valence-electron chi connectivity index (χ3n) is 4.41. The van der Waals surface area contributed by atoms with Crippen molar-refractivity contribution in [2.24, 2.45) is 7.05 Å². The SMILES string of the molecule is CC1=C[C@@H]2c3cc(C)ccc3[C@H]1n1c(=O)n(C)c(=O)n12. The highest BCUT2D eigenvalue weighted by Crippen LogP contribution is 2.43. The van der Waals surface area contributed by atoms with Crippen LogP contribution in [-0.2, 0) is 7.05 Å². The number of allylic oxidation sites excluding steroid dienone is 2. The smallest absolute Gasteiger partial charge is 0.246 e. The molecule has 0 radical (unpaired) electrons. The Hall–Kier alpha value is -2.30. The zero-order valence-electron chi connectivity index (χ0n) is 11.6. The molecule has 3 aliphatic rings. The van der Waals surface area contributed by atoms with Crippen LogP contribution in [0.1, 0.15) is 35.7 Å². The van der Waals surface area contributed by atoms with Gasteiger partial charge >= 0.3 is 11.4 Å². The molecule has 20 heavy (non-hydrogen) atoms. The minimum absolute atomic E-state index is 0.156. The van der Waals surface area contributed by atoms with Gasteiger partial charge in [0.05, 0.1) is 6.04 Å². The lowest BCUT2D eigenvalue weighted by Crippen LogP contribution is -2.42. The molecule has 102 valence electrons. The molecule has 2 aliphatic heterocycles. The summed E-state index contributed by atoms with van der Waals surface area (Å²) in [4.78, 5) is 24.6. The van der Waals surface area contributed by atoms with Crippen LogP contribution in [0.15, 0.2) is 39.4 Å². The van der Waals surface area contributed by atoms with Gasteiger partial charge in [-0.15, -0.1) is 0 Å². The lowest BCUT2D eigenvalue weighted by atomic mass is 9.82. The molecule has 1 aromatic carbocycles. The first-order valence-corrected chi connectivity index (χ1v) is 6.69. The van der Waals surface area contributed by atoms with Crippen LogP contribution in [0, 0.1) is 6.92 Å². The van der Waals surface area contributed by atoms with E-state index in [-0.39, 0.29) is 23.5 Å². The highest BCUT2D eigenvalue weighted by molar-refractivity contribution is 5.48. The Morgan fingerprint density at radius 1 is 1.00 bits per heavy atom. The molecule has 0 saturated heterocycles. The van der Waals surface area contributed by atoms with Crippen LogP contribution in [0.4, 0.5) is 0 Å². The highest BCUT2D eigenvalue weighted by Gasteiger charge is 2.39. The summed E-state index contributed by atoms with van der Waals surface area (Å²) < 4.78 is 4.37. The van der Waals surface area contributed by atoms with E-state index in [1.807, 2.05) is 13.8 Å².